The van der Waals surface area contributed by atoms with E-state index in [2.05, 4.69) is 5.32 Å². The van der Waals surface area contributed by atoms with Crippen LogP contribution in [0.2, 0.25) is 5.02 Å². The lowest BCUT2D eigenvalue weighted by Crippen LogP contribution is -2.14. The minimum absolute atomic E-state index is 0.0271. The fraction of sp³-hybridized carbons (Fsp3) is 0.120. The molecule has 4 nitrogen and oxygen atoms in total. The highest BCUT2D eigenvalue weighted by atomic mass is 35.5. The third kappa shape index (κ3) is 5.28. The molecule has 30 heavy (non-hydrogen) atoms. The van der Waals surface area contributed by atoms with Gasteiger partial charge in [-0.2, -0.15) is 5.26 Å². The summed E-state index contributed by atoms with van der Waals surface area (Å²) in [5.74, 6) is 0.0914. The van der Waals surface area contributed by atoms with E-state index in [1.54, 1.807) is 24.3 Å². The van der Waals surface area contributed by atoms with E-state index < -0.39 is 5.91 Å². The first kappa shape index (κ1) is 21.2. The van der Waals surface area contributed by atoms with Crippen molar-refractivity contribution in [2.45, 2.75) is 20.5 Å². The normalized spacial score (nSPS) is 10.9. The molecular formula is C25H21ClN2O2. The van der Waals surface area contributed by atoms with Crippen LogP contribution in [0.15, 0.2) is 72.3 Å². The number of halogens is 1. The predicted octanol–water partition coefficient (Wildman–Crippen LogP) is 6.08. The summed E-state index contributed by atoms with van der Waals surface area (Å²) in [6.45, 7) is 4.23. The van der Waals surface area contributed by atoms with Gasteiger partial charge in [-0.3, -0.25) is 4.79 Å². The van der Waals surface area contributed by atoms with Crippen molar-refractivity contribution in [2.75, 3.05) is 5.32 Å². The van der Waals surface area contributed by atoms with E-state index in [4.69, 9.17) is 16.3 Å². The third-order valence-corrected chi connectivity index (χ3v) is 5.02. The highest BCUT2D eigenvalue weighted by Crippen LogP contribution is 2.25. The van der Waals surface area contributed by atoms with Crippen LogP contribution in [0.3, 0.4) is 0 Å². The van der Waals surface area contributed by atoms with E-state index in [1.165, 1.54) is 11.6 Å². The topological polar surface area (TPSA) is 62.1 Å². The molecule has 3 aromatic carbocycles. The molecule has 0 heterocycles. The fourth-order valence-electron chi connectivity index (χ4n) is 2.81. The second kappa shape index (κ2) is 9.78. The smallest absolute Gasteiger partial charge is 0.266 e. The zero-order chi connectivity index (χ0) is 21.5. The van der Waals surface area contributed by atoms with Gasteiger partial charge in [0.1, 0.15) is 24.0 Å². The van der Waals surface area contributed by atoms with Gasteiger partial charge in [0.15, 0.2) is 0 Å². The summed E-state index contributed by atoms with van der Waals surface area (Å²) in [5, 5.41) is 12.8. The van der Waals surface area contributed by atoms with Crippen LogP contribution in [0.4, 0.5) is 5.69 Å². The van der Waals surface area contributed by atoms with Crippen molar-refractivity contribution in [2.24, 2.45) is 0 Å². The Morgan fingerprint density at radius 2 is 1.80 bits per heavy atom. The average Bonchev–Trinajstić information content (AvgIpc) is 2.75. The van der Waals surface area contributed by atoms with Gasteiger partial charge in [0.05, 0.1) is 0 Å². The lowest BCUT2D eigenvalue weighted by Gasteiger charge is -2.11. The molecule has 1 N–H and O–H groups in total. The van der Waals surface area contributed by atoms with Crippen molar-refractivity contribution in [3.8, 4) is 11.8 Å². The van der Waals surface area contributed by atoms with Crippen molar-refractivity contribution < 1.29 is 9.53 Å². The number of para-hydroxylation sites is 1. The maximum atomic E-state index is 12.6. The number of carbonyl (C=O) groups is 1. The van der Waals surface area contributed by atoms with E-state index in [0.717, 1.165) is 11.1 Å². The molecule has 5 heteroatoms. The number of hydrogen-bond acceptors (Lipinski definition) is 3. The molecule has 0 aliphatic heterocycles. The second-order valence-corrected chi connectivity index (χ2v) is 7.26. The Hall–Kier alpha value is -3.55. The summed E-state index contributed by atoms with van der Waals surface area (Å²) < 4.78 is 5.94. The van der Waals surface area contributed by atoms with Crippen LogP contribution >= 0.6 is 11.6 Å². The SMILES string of the molecule is Cc1ccc(COc2ccccc2/C=C(/C#N)C(=O)Nc2cccc(Cl)c2C)cc1. The van der Waals surface area contributed by atoms with Crippen LogP contribution < -0.4 is 10.1 Å². The molecule has 0 saturated heterocycles. The van der Waals surface area contributed by atoms with Crippen LogP contribution in [0.5, 0.6) is 5.75 Å². The number of amides is 1. The van der Waals surface area contributed by atoms with E-state index in [0.29, 0.717) is 28.6 Å². The lowest BCUT2D eigenvalue weighted by atomic mass is 10.1. The first-order valence-electron chi connectivity index (χ1n) is 9.43. The number of nitrogens with zero attached hydrogens (tertiary/aromatic N) is 1. The van der Waals surface area contributed by atoms with Gasteiger partial charge in [-0.1, -0.05) is 65.7 Å². The largest absolute Gasteiger partial charge is 0.488 e. The van der Waals surface area contributed by atoms with Gasteiger partial charge in [0.25, 0.3) is 5.91 Å². The third-order valence-electron chi connectivity index (χ3n) is 4.61. The molecule has 1 amide bonds. The molecule has 0 fully saturated rings. The molecule has 0 aliphatic rings. The van der Waals surface area contributed by atoms with Crippen molar-refractivity contribution in [1.82, 2.24) is 0 Å². The summed E-state index contributed by atoms with van der Waals surface area (Å²) in [6.07, 6.45) is 1.53. The zero-order valence-corrected chi connectivity index (χ0v) is 17.5. The van der Waals surface area contributed by atoms with Gasteiger partial charge in [0.2, 0.25) is 0 Å². The number of hydrogen-bond donors (Lipinski definition) is 1. The molecule has 0 radical (unpaired) electrons. The van der Waals surface area contributed by atoms with Gasteiger partial charge in [-0.25, -0.2) is 0 Å². The summed E-state index contributed by atoms with van der Waals surface area (Å²) in [4.78, 5) is 12.6. The maximum absolute atomic E-state index is 12.6. The second-order valence-electron chi connectivity index (χ2n) is 6.85. The monoisotopic (exact) mass is 416 g/mol. The van der Waals surface area contributed by atoms with Gasteiger partial charge in [-0.15, -0.1) is 0 Å². The predicted molar refractivity (Wildman–Crippen MR) is 120 cm³/mol. The number of nitrogens with one attached hydrogen (secondary N) is 1. The van der Waals surface area contributed by atoms with E-state index in [-0.39, 0.29) is 5.57 Å². The molecule has 0 saturated carbocycles. The van der Waals surface area contributed by atoms with Gasteiger partial charge >= 0.3 is 0 Å². The van der Waals surface area contributed by atoms with Crippen LogP contribution in [0.1, 0.15) is 22.3 Å². The van der Waals surface area contributed by atoms with Crippen molar-refractivity contribution in [1.29, 1.82) is 5.26 Å². The van der Waals surface area contributed by atoms with Gasteiger partial charge in [0, 0.05) is 16.3 Å². The molecule has 3 aromatic rings. The maximum Gasteiger partial charge on any atom is 0.266 e. The molecular weight excluding hydrogens is 396 g/mol. The number of aryl methyl sites for hydroxylation is 1. The highest BCUT2D eigenvalue weighted by Gasteiger charge is 2.13. The van der Waals surface area contributed by atoms with Crippen molar-refractivity contribution in [3.63, 3.8) is 0 Å². The lowest BCUT2D eigenvalue weighted by molar-refractivity contribution is -0.112. The number of carbonyl (C=O) groups excluding carboxylic acids is 1. The Labute approximate surface area is 181 Å². The Kier molecular flexibility index (Phi) is 6.90. The summed E-state index contributed by atoms with van der Waals surface area (Å²) >= 11 is 6.11. The number of rotatable bonds is 6. The summed E-state index contributed by atoms with van der Waals surface area (Å²) in [5.41, 5.74) is 4.15. The quantitative estimate of drug-likeness (QED) is 0.391. The minimum atomic E-state index is -0.504. The van der Waals surface area contributed by atoms with Crippen LogP contribution in [0, 0.1) is 25.2 Å². The number of ether oxygens (including phenoxy) is 1. The summed E-state index contributed by atoms with van der Waals surface area (Å²) in [7, 11) is 0. The van der Waals surface area contributed by atoms with Crippen LogP contribution in [-0.4, -0.2) is 5.91 Å². The molecule has 3 rings (SSSR count). The Morgan fingerprint density at radius 1 is 1.07 bits per heavy atom. The van der Waals surface area contributed by atoms with Crippen LogP contribution in [0.25, 0.3) is 6.08 Å². The molecule has 0 aromatic heterocycles. The molecule has 150 valence electrons. The van der Waals surface area contributed by atoms with E-state index in [1.807, 2.05) is 62.4 Å². The molecule has 0 aliphatic carbocycles. The van der Waals surface area contributed by atoms with Gasteiger partial charge in [-0.05, 0) is 49.2 Å². The van der Waals surface area contributed by atoms with Gasteiger partial charge < -0.3 is 10.1 Å². The highest BCUT2D eigenvalue weighted by molar-refractivity contribution is 6.31. The molecule has 0 bridgehead atoms. The minimum Gasteiger partial charge on any atom is -0.488 e. The van der Waals surface area contributed by atoms with Crippen LogP contribution in [-0.2, 0) is 11.4 Å². The molecule has 0 atom stereocenters. The van der Waals surface area contributed by atoms with E-state index in [9.17, 15) is 10.1 Å². The Bertz CT molecular complexity index is 1130. The fourth-order valence-corrected chi connectivity index (χ4v) is 2.99. The Balaban J connectivity index is 1.80. The standard InChI is InChI=1S/C25H21ClN2O2/c1-17-10-12-19(13-11-17)16-30-24-9-4-3-6-20(24)14-21(15-27)25(29)28-23-8-5-7-22(26)18(23)2/h3-14H,16H2,1-2H3,(H,28,29)/b21-14-. The zero-order valence-electron chi connectivity index (χ0n) is 16.8. The van der Waals surface area contributed by atoms with Crippen molar-refractivity contribution >= 4 is 29.3 Å². The average molecular weight is 417 g/mol. The first-order valence-corrected chi connectivity index (χ1v) is 9.81. The molecule has 0 unspecified atom stereocenters. The first-order chi connectivity index (χ1) is 14.5. The van der Waals surface area contributed by atoms with E-state index >= 15 is 0 Å². The molecule has 0 spiro atoms. The number of nitriles is 1. The summed E-state index contributed by atoms with van der Waals surface area (Å²) in [6, 6.07) is 22.6. The van der Waals surface area contributed by atoms with Crippen molar-refractivity contribution in [3.05, 3.63) is 99.6 Å². The number of benzene rings is 3. The number of anilines is 1. The Morgan fingerprint density at radius 3 is 2.53 bits per heavy atom.